The van der Waals surface area contributed by atoms with Gasteiger partial charge in [-0.2, -0.15) is 0 Å². The molecule has 0 radical (unpaired) electrons. The molecule has 3 nitrogen and oxygen atoms in total. The van der Waals surface area contributed by atoms with E-state index in [1.807, 2.05) is 31.2 Å². The van der Waals surface area contributed by atoms with Gasteiger partial charge in [0.05, 0.1) is 6.04 Å². The number of aryl methyl sites for hydroxylation is 1. The molecule has 0 saturated heterocycles. The fourth-order valence-corrected chi connectivity index (χ4v) is 1.55. The number of amides is 1. The van der Waals surface area contributed by atoms with Gasteiger partial charge in [0.2, 0.25) is 5.91 Å². The lowest BCUT2D eigenvalue weighted by Gasteiger charge is -2.15. The number of hydrogen-bond acceptors (Lipinski definition) is 2. The number of rotatable bonds is 4. The first kappa shape index (κ1) is 15.9. The number of para-hydroxylation sites is 1. The van der Waals surface area contributed by atoms with Crippen molar-refractivity contribution < 1.29 is 4.79 Å². The standard InChI is InChI=1S/C13H20N2O.ClH/c1-9(2)8-11(14)13(16)15-12-7-5-4-6-10(12)3;/h4-7,9,11H,8,14H2,1-3H3,(H,15,16);1H/t11-;/m0./s1. The van der Waals surface area contributed by atoms with Crippen molar-refractivity contribution >= 4 is 24.0 Å². The van der Waals surface area contributed by atoms with Crippen molar-refractivity contribution in [1.29, 1.82) is 0 Å². The second-order valence-electron chi connectivity index (χ2n) is 4.54. The zero-order chi connectivity index (χ0) is 12.1. The number of hydrogen-bond donors (Lipinski definition) is 2. The summed E-state index contributed by atoms with van der Waals surface area (Å²) in [6, 6.07) is 7.26. The number of nitrogens with one attached hydrogen (secondary N) is 1. The van der Waals surface area contributed by atoms with E-state index in [4.69, 9.17) is 5.73 Å². The highest BCUT2D eigenvalue weighted by molar-refractivity contribution is 5.95. The van der Waals surface area contributed by atoms with Gasteiger partial charge >= 0.3 is 0 Å². The van der Waals surface area contributed by atoms with Crippen LogP contribution >= 0.6 is 12.4 Å². The molecule has 3 N–H and O–H groups in total. The number of carbonyl (C=O) groups is 1. The number of benzene rings is 1. The van der Waals surface area contributed by atoms with Gasteiger partial charge in [0, 0.05) is 5.69 Å². The SMILES string of the molecule is Cc1ccccc1NC(=O)[C@@H](N)CC(C)C.Cl. The fourth-order valence-electron chi connectivity index (χ4n) is 1.55. The van der Waals surface area contributed by atoms with Crippen LogP contribution in [0.1, 0.15) is 25.8 Å². The highest BCUT2D eigenvalue weighted by Crippen LogP contribution is 2.14. The van der Waals surface area contributed by atoms with Crippen molar-refractivity contribution in [3.05, 3.63) is 29.8 Å². The molecule has 0 heterocycles. The van der Waals surface area contributed by atoms with Crippen LogP contribution in [0.5, 0.6) is 0 Å². The lowest BCUT2D eigenvalue weighted by atomic mass is 10.0. The number of nitrogens with two attached hydrogens (primary N) is 1. The van der Waals surface area contributed by atoms with E-state index in [9.17, 15) is 4.79 Å². The van der Waals surface area contributed by atoms with E-state index in [1.165, 1.54) is 0 Å². The molecule has 1 atom stereocenters. The Morgan fingerprint density at radius 1 is 1.35 bits per heavy atom. The molecule has 0 aromatic heterocycles. The summed E-state index contributed by atoms with van der Waals surface area (Å²) in [6.07, 6.45) is 0.706. The largest absolute Gasteiger partial charge is 0.324 e. The second-order valence-corrected chi connectivity index (χ2v) is 4.54. The van der Waals surface area contributed by atoms with Crippen LogP contribution in [0.4, 0.5) is 5.69 Å². The maximum Gasteiger partial charge on any atom is 0.241 e. The van der Waals surface area contributed by atoms with Gasteiger partial charge in [-0.15, -0.1) is 12.4 Å². The van der Waals surface area contributed by atoms with Crippen LogP contribution < -0.4 is 11.1 Å². The molecule has 1 aromatic carbocycles. The Labute approximate surface area is 109 Å². The molecule has 17 heavy (non-hydrogen) atoms. The van der Waals surface area contributed by atoms with Crippen molar-refractivity contribution in [3.63, 3.8) is 0 Å². The molecular formula is C13H21ClN2O. The molecule has 0 aliphatic rings. The Balaban J connectivity index is 0.00000256. The normalized spacial score (nSPS) is 11.8. The van der Waals surface area contributed by atoms with E-state index in [0.717, 1.165) is 11.3 Å². The van der Waals surface area contributed by atoms with E-state index < -0.39 is 6.04 Å². The average molecular weight is 257 g/mol. The maximum atomic E-state index is 11.8. The maximum absolute atomic E-state index is 11.8. The van der Waals surface area contributed by atoms with E-state index >= 15 is 0 Å². The molecule has 1 amide bonds. The van der Waals surface area contributed by atoms with Gasteiger partial charge in [0.25, 0.3) is 0 Å². The summed E-state index contributed by atoms with van der Waals surface area (Å²) in [5.74, 6) is 0.320. The third-order valence-electron chi connectivity index (χ3n) is 2.47. The van der Waals surface area contributed by atoms with Gasteiger partial charge in [0.15, 0.2) is 0 Å². The monoisotopic (exact) mass is 256 g/mol. The van der Waals surface area contributed by atoms with E-state index in [0.29, 0.717) is 12.3 Å². The van der Waals surface area contributed by atoms with Crippen molar-refractivity contribution in [2.45, 2.75) is 33.2 Å². The Morgan fingerprint density at radius 3 is 2.47 bits per heavy atom. The summed E-state index contributed by atoms with van der Waals surface area (Å²) < 4.78 is 0. The third kappa shape index (κ3) is 5.20. The van der Waals surface area contributed by atoms with Crippen LogP contribution in [0, 0.1) is 12.8 Å². The first-order chi connectivity index (χ1) is 7.50. The van der Waals surface area contributed by atoms with Gasteiger partial charge in [-0.1, -0.05) is 32.0 Å². The summed E-state index contributed by atoms with van der Waals surface area (Å²) in [7, 11) is 0. The highest BCUT2D eigenvalue weighted by Gasteiger charge is 2.15. The lowest BCUT2D eigenvalue weighted by molar-refractivity contribution is -0.117. The molecule has 0 fully saturated rings. The first-order valence-corrected chi connectivity index (χ1v) is 5.62. The summed E-state index contributed by atoms with van der Waals surface area (Å²) in [6.45, 7) is 6.07. The third-order valence-corrected chi connectivity index (χ3v) is 2.47. The summed E-state index contributed by atoms with van der Waals surface area (Å²) >= 11 is 0. The number of anilines is 1. The minimum atomic E-state index is -0.431. The summed E-state index contributed by atoms with van der Waals surface area (Å²) in [5.41, 5.74) is 7.69. The summed E-state index contributed by atoms with van der Waals surface area (Å²) in [4.78, 5) is 11.8. The minimum absolute atomic E-state index is 0. The zero-order valence-corrected chi connectivity index (χ0v) is 11.4. The molecule has 0 aliphatic heterocycles. The molecule has 0 aliphatic carbocycles. The minimum Gasteiger partial charge on any atom is -0.324 e. The Hall–Kier alpha value is -1.06. The molecule has 4 heteroatoms. The van der Waals surface area contributed by atoms with E-state index in [1.54, 1.807) is 0 Å². The molecule has 0 spiro atoms. The van der Waals surface area contributed by atoms with Crippen LogP contribution in [-0.4, -0.2) is 11.9 Å². The predicted molar refractivity (Wildman–Crippen MR) is 74.5 cm³/mol. The van der Waals surface area contributed by atoms with Gasteiger partial charge in [-0.05, 0) is 30.9 Å². The number of carbonyl (C=O) groups excluding carboxylic acids is 1. The molecule has 0 saturated carbocycles. The number of halogens is 1. The van der Waals surface area contributed by atoms with Crippen LogP contribution in [0.15, 0.2) is 24.3 Å². The smallest absolute Gasteiger partial charge is 0.241 e. The topological polar surface area (TPSA) is 55.1 Å². The zero-order valence-electron chi connectivity index (χ0n) is 10.6. The summed E-state index contributed by atoms with van der Waals surface area (Å²) in [5, 5.41) is 2.85. The molecule has 0 unspecified atom stereocenters. The lowest BCUT2D eigenvalue weighted by Crippen LogP contribution is -2.36. The highest BCUT2D eigenvalue weighted by atomic mass is 35.5. The quantitative estimate of drug-likeness (QED) is 0.870. The Bertz CT molecular complexity index is 366. The van der Waals surface area contributed by atoms with Gasteiger partial charge in [0.1, 0.15) is 0 Å². The van der Waals surface area contributed by atoms with Crippen molar-refractivity contribution in [3.8, 4) is 0 Å². The molecule has 96 valence electrons. The molecule has 1 aromatic rings. The van der Waals surface area contributed by atoms with Crippen LogP contribution in [0.3, 0.4) is 0 Å². The van der Waals surface area contributed by atoms with Crippen LogP contribution in [0.2, 0.25) is 0 Å². The first-order valence-electron chi connectivity index (χ1n) is 5.62. The van der Waals surface area contributed by atoms with E-state index in [2.05, 4.69) is 19.2 Å². The van der Waals surface area contributed by atoms with Crippen molar-refractivity contribution in [2.75, 3.05) is 5.32 Å². The Kier molecular flexibility index (Phi) is 6.85. The second kappa shape index (κ2) is 7.30. The van der Waals surface area contributed by atoms with Crippen molar-refractivity contribution in [2.24, 2.45) is 11.7 Å². The molecule has 1 rings (SSSR count). The predicted octanol–water partition coefficient (Wildman–Crippen LogP) is 2.73. The Morgan fingerprint density at radius 2 is 1.94 bits per heavy atom. The van der Waals surface area contributed by atoms with Gasteiger partial charge in [-0.25, -0.2) is 0 Å². The van der Waals surface area contributed by atoms with Crippen LogP contribution in [-0.2, 0) is 4.79 Å². The van der Waals surface area contributed by atoms with Crippen LogP contribution in [0.25, 0.3) is 0 Å². The average Bonchev–Trinajstić information content (AvgIpc) is 2.20. The molecule has 0 bridgehead atoms. The van der Waals surface area contributed by atoms with Gasteiger partial charge in [-0.3, -0.25) is 4.79 Å². The van der Waals surface area contributed by atoms with Crippen molar-refractivity contribution in [1.82, 2.24) is 0 Å². The van der Waals surface area contributed by atoms with Gasteiger partial charge < -0.3 is 11.1 Å². The van der Waals surface area contributed by atoms with E-state index in [-0.39, 0.29) is 18.3 Å². The molecular weight excluding hydrogens is 236 g/mol. The fraction of sp³-hybridized carbons (Fsp3) is 0.462.